The average Bonchev–Trinajstić information content (AvgIpc) is 1.87. The van der Waals surface area contributed by atoms with Crippen LogP contribution in [0, 0.1) is 0 Å². The van der Waals surface area contributed by atoms with Crippen LogP contribution in [-0.2, 0) is 0 Å². The van der Waals surface area contributed by atoms with Gasteiger partial charge in [0.15, 0.2) is 0 Å². The highest BCUT2D eigenvalue weighted by Crippen LogP contribution is 2.00. The number of halogens is 2. The maximum Gasteiger partial charge on any atom is 0.0433 e. The highest BCUT2D eigenvalue weighted by atomic mass is 35.5. The van der Waals surface area contributed by atoms with E-state index in [4.69, 9.17) is 23.2 Å². The number of alkyl halides is 1. The normalized spacial score (nSPS) is 12.5. The maximum absolute atomic E-state index is 5.51. The molecule has 0 aliphatic carbocycles. The molecule has 0 aromatic carbocycles. The fourth-order valence-electron chi connectivity index (χ4n) is 0.361. The van der Waals surface area contributed by atoms with Crippen LogP contribution in [0.25, 0.3) is 0 Å². The van der Waals surface area contributed by atoms with E-state index in [0.717, 1.165) is 5.57 Å². The molecular formula is C8H10Cl2. The van der Waals surface area contributed by atoms with Gasteiger partial charge >= 0.3 is 0 Å². The minimum Gasteiger partial charge on any atom is -0.122 e. The average molecular weight is 177 g/mol. The van der Waals surface area contributed by atoms with Crippen LogP contribution in [0.1, 0.15) is 6.92 Å². The van der Waals surface area contributed by atoms with Crippen molar-refractivity contribution in [3.63, 3.8) is 0 Å². The Morgan fingerprint density at radius 2 is 2.20 bits per heavy atom. The minimum absolute atomic E-state index is 0.527. The molecule has 0 amide bonds. The van der Waals surface area contributed by atoms with Crippen LogP contribution in [0.4, 0.5) is 0 Å². The third-order valence-electron chi connectivity index (χ3n) is 0.869. The van der Waals surface area contributed by atoms with E-state index in [1.165, 1.54) is 0 Å². The molecule has 0 saturated carbocycles. The van der Waals surface area contributed by atoms with Crippen molar-refractivity contribution in [2.75, 3.05) is 5.88 Å². The highest BCUT2D eigenvalue weighted by molar-refractivity contribution is 6.30. The Kier molecular flexibility index (Phi) is 5.46. The third-order valence-corrected chi connectivity index (χ3v) is 1.42. The van der Waals surface area contributed by atoms with Gasteiger partial charge in [-0.05, 0) is 13.0 Å². The zero-order valence-electron chi connectivity index (χ0n) is 5.90. The summed E-state index contributed by atoms with van der Waals surface area (Å²) in [5, 5.41) is 0.527. The predicted octanol–water partition coefficient (Wildman–Crippen LogP) is 3.48. The van der Waals surface area contributed by atoms with Gasteiger partial charge in [-0.3, -0.25) is 0 Å². The highest BCUT2D eigenvalue weighted by Gasteiger charge is 1.80. The molecule has 0 atom stereocenters. The van der Waals surface area contributed by atoms with Gasteiger partial charge in [-0.15, -0.1) is 11.6 Å². The summed E-state index contributed by atoms with van der Waals surface area (Å²) in [4.78, 5) is 0. The van der Waals surface area contributed by atoms with E-state index in [0.29, 0.717) is 10.9 Å². The van der Waals surface area contributed by atoms with E-state index < -0.39 is 0 Å². The molecule has 0 aliphatic rings. The molecule has 0 aliphatic heterocycles. The van der Waals surface area contributed by atoms with E-state index in [9.17, 15) is 0 Å². The van der Waals surface area contributed by atoms with Crippen molar-refractivity contribution in [2.24, 2.45) is 0 Å². The first-order chi connectivity index (χ1) is 4.66. The standard InChI is InChI=1S/C8H10Cl2/c1-7(6-9)4-3-5-8(2)10/h3-5H,2,6H2,1H3/b5-3-,7-4-. The van der Waals surface area contributed by atoms with E-state index >= 15 is 0 Å². The van der Waals surface area contributed by atoms with Gasteiger partial charge in [-0.25, -0.2) is 0 Å². The van der Waals surface area contributed by atoms with Crippen LogP contribution in [0.15, 0.2) is 35.4 Å². The summed E-state index contributed by atoms with van der Waals surface area (Å²) in [7, 11) is 0. The van der Waals surface area contributed by atoms with Crippen molar-refractivity contribution in [3.05, 3.63) is 35.4 Å². The number of rotatable bonds is 3. The second kappa shape index (κ2) is 5.57. The summed E-state index contributed by atoms with van der Waals surface area (Å²) in [6, 6.07) is 0. The molecule has 0 spiro atoms. The summed E-state index contributed by atoms with van der Waals surface area (Å²) < 4.78 is 0. The lowest BCUT2D eigenvalue weighted by Gasteiger charge is -1.86. The molecule has 0 saturated heterocycles. The predicted molar refractivity (Wildman–Crippen MR) is 48.6 cm³/mol. The first-order valence-corrected chi connectivity index (χ1v) is 3.82. The Hall–Kier alpha value is -0.200. The molecule has 10 heavy (non-hydrogen) atoms. The van der Waals surface area contributed by atoms with Gasteiger partial charge in [0.25, 0.3) is 0 Å². The zero-order valence-corrected chi connectivity index (χ0v) is 7.41. The van der Waals surface area contributed by atoms with Crippen molar-refractivity contribution in [2.45, 2.75) is 6.92 Å². The van der Waals surface area contributed by atoms with Gasteiger partial charge in [-0.1, -0.05) is 35.9 Å². The largest absolute Gasteiger partial charge is 0.122 e. The molecule has 0 unspecified atom stereocenters. The van der Waals surface area contributed by atoms with Crippen LogP contribution in [0.2, 0.25) is 0 Å². The van der Waals surface area contributed by atoms with E-state index in [-0.39, 0.29) is 0 Å². The smallest absolute Gasteiger partial charge is 0.0433 e. The molecule has 0 aromatic rings. The van der Waals surface area contributed by atoms with Gasteiger partial charge < -0.3 is 0 Å². The molecule has 0 aromatic heterocycles. The molecule has 0 N–H and O–H groups in total. The van der Waals surface area contributed by atoms with E-state index in [2.05, 4.69) is 6.58 Å². The molecule has 0 bridgehead atoms. The van der Waals surface area contributed by atoms with Crippen molar-refractivity contribution < 1.29 is 0 Å². The lowest BCUT2D eigenvalue weighted by Crippen LogP contribution is -1.72. The lowest BCUT2D eigenvalue weighted by molar-refractivity contribution is 1.40. The maximum atomic E-state index is 5.51. The summed E-state index contributed by atoms with van der Waals surface area (Å²) >= 11 is 11.0. The van der Waals surface area contributed by atoms with Crippen molar-refractivity contribution in [3.8, 4) is 0 Å². The molecule has 0 rings (SSSR count). The van der Waals surface area contributed by atoms with Crippen molar-refractivity contribution in [1.82, 2.24) is 0 Å². The molecule has 2 heteroatoms. The minimum atomic E-state index is 0.527. The Balaban J connectivity index is 3.82. The topological polar surface area (TPSA) is 0 Å². The molecular weight excluding hydrogens is 167 g/mol. The summed E-state index contributed by atoms with van der Waals surface area (Å²) in [6.45, 7) is 5.45. The zero-order chi connectivity index (χ0) is 7.98. The first-order valence-electron chi connectivity index (χ1n) is 2.91. The monoisotopic (exact) mass is 176 g/mol. The van der Waals surface area contributed by atoms with Crippen LogP contribution in [0.3, 0.4) is 0 Å². The lowest BCUT2D eigenvalue weighted by atomic mass is 10.3. The van der Waals surface area contributed by atoms with Gasteiger partial charge in [-0.2, -0.15) is 0 Å². The first kappa shape index (κ1) is 9.80. The van der Waals surface area contributed by atoms with Gasteiger partial charge in [0, 0.05) is 10.9 Å². The Labute approximate surface area is 71.8 Å². The van der Waals surface area contributed by atoms with Crippen LogP contribution >= 0.6 is 23.2 Å². The van der Waals surface area contributed by atoms with Gasteiger partial charge in [0.1, 0.15) is 0 Å². The number of allylic oxidation sites excluding steroid dienone is 5. The molecule has 0 nitrogen and oxygen atoms in total. The summed E-state index contributed by atoms with van der Waals surface area (Å²) in [6.07, 6.45) is 5.45. The number of hydrogen-bond donors (Lipinski definition) is 0. The molecule has 0 fully saturated rings. The Morgan fingerprint density at radius 3 is 2.60 bits per heavy atom. The third kappa shape index (κ3) is 5.93. The Morgan fingerprint density at radius 1 is 1.60 bits per heavy atom. The van der Waals surface area contributed by atoms with Crippen molar-refractivity contribution in [1.29, 1.82) is 0 Å². The summed E-state index contributed by atoms with van der Waals surface area (Å²) in [5.41, 5.74) is 1.11. The summed E-state index contributed by atoms with van der Waals surface area (Å²) in [5.74, 6) is 0.555. The van der Waals surface area contributed by atoms with Crippen LogP contribution in [-0.4, -0.2) is 5.88 Å². The van der Waals surface area contributed by atoms with Gasteiger partial charge in [0.2, 0.25) is 0 Å². The second-order valence-electron chi connectivity index (χ2n) is 1.95. The molecule has 0 heterocycles. The van der Waals surface area contributed by atoms with Crippen molar-refractivity contribution >= 4 is 23.2 Å². The van der Waals surface area contributed by atoms with Crippen LogP contribution in [0.5, 0.6) is 0 Å². The van der Waals surface area contributed by atoms with E-state index in [1.54, 1.807) is 6.08 Å². The Bertz CT molecular complexity index is 166. The fraction of sp³-hybridized carbons (Fsp3) is 0.250. The van der Waals surface area contributed by atoms with Gasteiger partial charge in [0.05, 0.1) is 0 Å². The molecule has 0 radical (unpaired) electrons. The van der Waals surface area contributed by atoms with Crippen LogP contribution < -0.4 is 0 Å². The number of hydrogen-bond acceptors (Lipinski definition) is 0. The SMILES string of the molecule is C=C(Cl)/C=C\C=C(\C)CCl. The van der Waals surface area contributed by atoms with E-state index in [1.807, 2.05) is 19.1 Å². The fourth-order valence-corrected chi connectivity index (χ4v) is 0.523. The quantitative estimate of drug-likeness (QED) is 0.457. The second-order valence-corrected chi connectivity index (χ2v) is 2.71. The molecule has 56 valence electrons.